The molecule has 1 aromatic carbocycles. The molecule has 0 heterocycles. The SMILES string of the molecule is CC1CCC(NCC(O)c2ccccc2F)CC1. The quantitative estimate of drug-likeness (QED) is 0.862. The first-order chi connectivity index (χ1) is 8.66. The van der Waals surface area contributed by atoms with Crippen molar-refractivity contribution in [2.24, 2.45) is 5.92 Å². The molecule has 18 heavy (non-hydrogen) atoms. The molecule has 1 saturated carbocycles. The van der Waals surface area contributed by atoms with Crippen LogP contribution in [0.2, 0.25) is 0 Å². The monoisotopic (exact) mass is 251 g/mol. The third-order valence-electron chi connectivity index (χ3n) is 3.88. The fourth-order valence-corrected chi connectivity index (χ4v) is 2.60. The lowest BCUT2D eigenvalue weighted by atomic mass is 9.87. The molecule has 1 aliphatic rings. The molecule has 0 aliphatic heterocycles. The first kappa shape index (κ1) is 13.5. The van der Waals surface area contributed by atoms with Crippen molar-refractivity contribution < 1.29 is 9.50 Å². The molecule has 1 aliphatic carbocycles. The van der Waals surface area contributed by atoms with E-state index in [1.54, 1.807) is 18.2 Å². The molecule has 0 saturated heterocycles. The summed E-state index contributed by atoms with van der Waals surface area (Å²) < 4.78 is 13.5. The maximum Gasteiger partial charge on any atom is 0.129 e. The molecule has 0 amide bonds. The molecular weight excluding hydrogens is 229 g/mol. The van der Waals surface area contributed by atoms with Gasteiger partial charge in [-0.3, -0.25) is 0 Å². The zero-order valence-corrected chi connectivity index (χ0v) is 10.9. The number of rotatable bonds is 4. The van der Waals surface area contributed by atoms with E-state index in [2.05, 4.69) is 12.2 Å². The Hall–Kier alpha value is -0.930. The van der Waals surface area contributed by atoms with E-state index in [1.165, 1.54) is 18.9 Å². The third kappa shape index (κ3) is 3.53. The van der Waals surface area contributed by atoms with Crippen LogP contribution in [0.3, 0.4) is 0 Å². The van der Waals surface area contributed by atoms with Gasteiger partial charge in [-0.1, -0.05) is 25.1 Å². The van der Waals surface area contributed by atoms with Gasteiger partial charge in [-0.05, 0) is 37.7 Å². The number of halogens is 1. The van der Waals surface area contributed by atoms with Crippen LogP contribution in [0.4, 0.5) is 4.39 Å². The Kier molecular flexibility index (Phi) is 4.72. The Balaban J connectivity index is 1.81. The van der Waals surface area contributed by atoms with Crippen LogP contribution in [0.25, 0.3) is 0 Å². The van der Waals surface area contributed by atoms with Gasteiger partial charge in [0.1, 0.15) is 5.82 Å². The molecule has 0 spiro atoms. The van der Waals surface area contributed by atoms with Crippen LogP contribution in [0.5, 0.6) is 0 Å². The Morgan fingerprint density at radius 1 is 1.28 bits per heavy atom. The lowest BCUT2D eigenvalue weighted by Gasteiger charge is -2.28. The molecule has 2 nitrogen and oxygen atoms in total. The molecule has 0 radical (unpaired) electrons. The zero-order valence-electron chi connectivity index (χ0n) is 10.9. The van der Waals surface area contributed by atoms with Crippen molar-refractivity contribution in [1.29, 1.82) is 0 Å². The van der Waals surface area contributed by atoms with Crippen LogP contribution < -0.4 is 5.32 Å². The predicted octanol–water partition coefficient (Wildman–Crippen LogP) is 3.03. The fraction of sp³-hybridized carbons (Fsp3) is 0.600. The van der Waals surface area contributed by atoms with Crippen molar-refractivity contribution >= 4 is 0 Å². The number of aliphatic hydroxyl groups excluding tert-OH is 1. The van der Waals surface area contributed by atoms with Gasteiger partial charge in [-0.2, -0.15) is 0 Å². The second-order valence-electron chi connectivity index (χ2n) is 5.40. The van der Waals surface area contributed by atoms with Gasteiger partial charge in [-0.25, -0.2) is 4.39 Å². The van der Waals surface area contributed by atoms with Gasteiger partial charge in [0.2, 0.25) is 0 Å². The van der Waals surface area contributed by atoms with Crippen molar-refractivity contribution in [1.82, 2.24) is 5.32 Å². The zero-order chi connectivity index (χ0) is 13.0. The normalized spacial score (nSPS) is 25.9. The number of nitrogens with one attached hydrogen (secondary N) is 1. The maximum atomic E-state index is 13.5. The van der Waals surface area contributed by atoms with Gasteiger partial charge in [-0.15, -0.1) is 0 Å². The highest BCUT2D eigenvalue weighted by molar-refractivity contribution is 5.20. The molecule has 3 heteroatoms. The van der Waals surface area contributed by atoms with E-state index >= 15 is 0 Å². The van der Waals surface area contributed by atoms with Crippen molar-refractivity contribution in [3.63, 3.8) is 0 Å². The van der Waals surface area contributed by atoms with Crippen LogP contribution in [0.15, 0.2) is 24.3 Å². The summed E-state index contributed by atoms with van der Waals surface area (Å²) in [5, 5.41) is 13.3. The van der Waals surface area contributed by atoms with E-state index in [-0.39, 0.29) is 5.82 Å². The predicted molar refractivity (Wildman–Crippen MR) is 70.8 cm³/mol. The molecule has 1 atom stereocenters. The first-order valence-corrected chi connectivity index (χ1v) is 6.82. The molecule has 2 N–H and O–H groups in total. The van der Waals surface area contributed by atoms with Gasteiger partial charge >= 0.3 is 0 Å². The molecule has 1 aromatic rings. The van der Waals surface area contributed by atoms with Crippen LogP contribution >= 0.6 is 0 Å². The lowest BCUT2D eigenvalue weighted by molar-refractivity contribution is 0.159. The van der Waals surface area contributed by atoms with Crippen molar-refractivity contribution in [3.8, 4) is 0 Å². The molecule has 0 bridgehead atoms. The Bertz CT molecular complexity index is 375. The average Bonchev–Trinajstić information content (AvgIpc) is 2.38. The lowest BCUT2D eigenvalue weighted by Crippen LogP contribution is -2.35. The molecule has 1 unspecified atom stereocenters. The van der Waals surface area contributed by atoms with E-state index in [1.807, 2.05) is 0 Å². The molecular formula is C15H22FNO. The standard InChI is InChI=1S/C15H22FNO/c1-11-6-8-12(9-7-11)17-10-15(18)13-4-2-3-5-14(13)16/h2-5,11-12,15,17-18H,6-10H2,1H3. The van der Waals surface area contributed by atoms with Crippen molar-refractivity contribution in [2.75, 3.05) is 6.54 Å². The summed E-state index contributed by atoms with van der Waals surface area (Å²) in [5.41, 5.74) is 0.383. The van der Waals surface area contributed by atoms with E-state index in [4.69, 9.17) is 0 Å². The Morgan fingerprint density at radius 2 is 1.94 bits per heavy atom. The largest absolute Gasteiger partial charge is 0.387 e. The minimum absolute atomic E-state index is 0.330. The summed E-state index contributed by atoms with van der Waals surface area (Å²) in [6.45, 7) is 2.71. The van der Waals surface area contributed by atoms with Crippen LogP contribution in [-0.2, 0) is 0 Å². The number of benzene rings is 1. The van der Waals surface area contributed by atoms with Gasteiger partial charge in [0.15, 0.2) is 0 Å². The smallest absolute Gasteiger partial charge is 0.129 e. The van der Waals surface area contributed by atoms with Gasteiger partial charge < -0.3 is 10.4 Å². The fourth-order valence-electron chi connectivity index (χ4n) is 2.60. The second-order valence-corrected chi connectivity index (χ2v) is 5.40. The first-order valence-electron chi connectivity index (χ1n) is 6.82. The minimum Gasteiger partial charge on any atom is -0.387 e. The highest BCUT2D eigenvalue weighted by atomic mass is 19.1. The van der Waals surface area contributed by atoms with Crippen LogP contribution in [0, 0.1) is 11.7 Å². The summed E-state index contributed by atoms with van der Waals surface area (Å²) in [5.74, 6) is 0.489. The van der Waals surface area contributed by atoms with E-state index in [0.717, 1.165) is 18.8 Å². The minimum atomic E-state index is -0.759. The van der Waals surface area contributed by atoms with Gasteiger partial charge in [0, 0.05) is 18.2 Å². The van der Waals surface area contributed by atoms with Gasteiger partial charge in [0.25, 0.3) is 0 Å². The summed E-state index contributed by atoms with van der Waals surface area (Å²) in [6.07, 6.45) is 4.04. The van der Waals surface area contributed by atoms with E-state index in [0.29, 0.717) is 18.2 Å². The summed E-state index contributed by atoms with van der Waals surface area (Å²) in [4.78, 5) is 0. The van der Waals surface area contributed by atoms with Crippen molar-refractivity contribution in [2.45, 2.75) is 44.8 Å². The summed E-state index contributed by atoms with van der Waals surface area (Å²) in [6, 6.07) is 6.90. The molecule has 2 rings (SSSR count). The third-order valence-corrected chi connectivity index (χ3v) is 3.88. The topological polar surface area (TPSA) is 32.3 Å². The van der Waals surface area contributed by atoms with Gasteiger partial charge in [0.05, 0.1) is 6.10 Å². The average molecular weight is 251 g/mol. The maximum absolute atomic E-state index is 13.5. The van der Waals surface area contributed by atoms with E-state index in [9.17, 15) is 9.50 Å². The Morgan fingerprint density at radius 3 is 2.61 bits per heavy atom. The Labute approximate surface area is 108 Å². The van der Waals surface area contributed by atoms with Crippen LogP contribution in [0.1, 0.15) is 44.3 Å². The molecule has 0 aromatic heterocycles. The van der Waals surface area contributed by atoms with Crippen molar-refractivity contribution in [3.05, 3.63) is 35.6 Å². The summed E-state index contributed by atoms with van der Waals surface area (Å²) in [7, 11) is 0. The molecule has 100 valence electrons. The second kappa shape index (κ2) is 6.30. The van der Waals surface area contributed by atoms with Crippen LogP contribution in [-0.4, -0.2) is 17.7 Å². The highest BCUT2D eigenvalue weighted by Gasteiger charge is 2.19. The number of hydrogen-bond acceptors (Lipinski definition) is 2. The number of aliphatic hydroxyl groups is 1. The van der Waals surface area contributed by atoms with E-state index < -0.39 is 6.10 Å². The number of hydrogen-bond donors (Lipinski definition) is 2. The summed E-state index contributed by atoms with van der Waals surface area (Å²) >= 11 is 0. The molecule has 1 fully saturated rings. The highest BCUT2D eigenvalue weighted by Crippen LogP contribution is 2.24.